The van der Waals surface area contributed by atoms with E-state index in [1.54, 1.807) is 11.8 Å². The van der Waals surface area contributed by atoms with Crippen molar-refractivity contribution in [3.63, 3.8) is 0 Å². The first-order valence-corrected chi connectivity index (χ1v) is 6.19. The van der Waals surface area contributed by atoms with Gasteiger partial charge in [0, 0.05) is 13.1 Å². The molecule has 1 aromatic heterocycles. The summed E-state index contributed by atoms with van der Waals surface area (Å²) < 4.78 is 0. The summed E-state index contributed by atoms with van der Waals surface area (Å²) in [5, 5.41) is 10.1. The Morgan fingerprint density at radius 2 is 2.17 bits per heavy atom. The fraction of sp³-hybridized carbons (Fsp3) is 0.500. The van der Waals surface area contributed by atoms with Crippen LogP contribution in [0.4, 0.5) is 5.69 Å². The van der Waals surface area contributed by atoms with Gasteiger partial charge >= 0.3 is 0 Å². The number of halogens is 1. The van der Waals surface area contributed by atoms with Crippen LogP contribution in [-0.2, 0) is 0 Å². The van der Waals surface area contributed by atoms with E-state index in [1.165, 1.54) is 12.3 Å². The summed E-state index contributed by atoms with van der Waals surface area (Å²) in [5.41, 5.74) is 5.74. The highest BCUT2D eigenvalue weighted by Gasteiger charge is 2.30. The lowest BCUT2D eigenvalue weighted by atomic mass is 9.93. The molecule has 2 rings (SSSR count). The number of nitrogens with zero attached hydrogens (tertiary/aromatic N) is 2. The molecule has 0 bridgehead atoms. The van der Waals surface area contributed by atoms with Gasteiger partial charge in [-0.15, -0.1) is 0 Å². The third kappa shape index (κ3) is 2.73. The van der Waals surface area contributed by atoms with Gasteiger partial charge in [-0.05, 0) is 25.8 Å². The second-order valence-electron chi connectivity index (χ2n) is 4.88. The SMILES string of the molecule is CC1(O)CCN(C(=O)c2cc(Cl)ncc2N)CC1. The lowest BCUT2D eigenvalue weighted by molar-refractivity contribution is -0.00199. The molecular weight excluding hydrogens is 254 g/mol. The van der Waals surface area contributed by atoms with Crippen molar-refractivity contribution in [3.05, 3.63) is 23.0 Å². The highest BCUT2D eigenvalue weighted by atomic mass is 35.5. The minimum absolute atomic E-state index is 0.160. The van der Waals surface area contributed by atoms with Gasteiger partial charge in [-0.25, -0.2) is 4.98 Å². The number of amides is 1. The highest BCUT2D eigenvalue weighted by Crippen LogP contribution is 2.24. The molecule has 1 fully saturated rings. The van der Waals surface area contributed by atoms with E-state index in [0.29, 0.717) is 37.2 Å². The number of likely N-dealkylation sites (tertiary alicyclic amines) is 1. The third-order valence-corrected chi connectivity index (χ3v) is 3.47. The molecule has 1 aliphatic rings. The Balaban J connectivity index is 2.15. The molecule has 0 aliphatic carbocycles. The van der Waals surface area contributed by atoms with Crippen LogP contribution in [0.2, 0.25) is 5.15 Å². The smallest absolute Gasteiger partial charge is 0.256 e. The number of aromatic nitrogens is 1. The van der Waals surface area contributed by atoms with Gasteiger partial charge in [-0.2, -0.15) is 0 Å². The number of carbonyl (C=O) groups excluding carboxylic acids is 1. The molecule has 6 heteroatoms. The van der Waals surface area contributed by atoms with Crippen LogP contribution >= 0.6 is 11.6 Å². The van der Waals surface area contributed by atoms with E-state index in [4.69, 9.17) is 17.3 Å². The van der Waals surface area contributed by atoms with Crippen LogP contribution in [0.5, 0.6) is 0 Å². The topological polar surface area (TPSA) is 79.5 Å². The normalized spacial score (nSPS) is 18.7. The molecule has 1 aliphatic heterocycles. The molecule has 0 saturated carbocycles. The van der Waals surface area contributed by atoms with Gasteiger partial charge in [0.2, 0.25) is 0 Å². The van der Waals surface area contributed by atoms with Gasteiger partial charge in [-0.1, -0.05) is 11.6 Å². The standard InChI is InChI=1S/C12H16ClN3O2/c1-12(18)2-4-16(5-3-12)11(17)8-6-10(13)15-7-9(8)14/h6-7,18H,2-5,14H2,1H3. The van der Waals surface area contributed by atoms with Gasteiger partial charge in [0.25, 0.3) is 5.91 Å². The Kier molecular flexibility index (Phi) is 3.45. The summed E-state index contributed by atoms with van der Waals surface area (Å²) in [5.74, 6) is -0.160. The molecule has 98 valence electrons. The summed E-state index contributed by atoms with van der Waals surface area (Å²) in [4.78, 5) is 17.8. The van der Waals surface area contributed by atoms with E-state index >= 15 is 0 Å². The fourth-order valence-electron chi connectivity index (χ4n) is 1.99. The van der Waals surface area contributed by atoms with Crippen molar-refractivity contribution in [2.45, 2.75) is 25.4 Å². The van der Waals surface area contributed by atoms with Gasteiger partial charge in [0.1, 0.15) is 5.15 Å². The van der Waals surface area contributed by atoms with Crippen molar-refractivity contribution in [1.82, 2.24) is 9.88 Å². The molecule has 0 aromatic carbocycles. The zero-order chi connectivity index (χ0) is 13.3. The molecule has 3 N–H and O–H groups in total. The second kappa shape index (κ2) is 4.74. The van der Waals surface area contributed by atoms with Gasteiger partial charge in [0.15, 0.2) is 0 Å². The summed E-state index contributed by atoms with van der Waals surface area (Å²) in [6.07, 6.45) is 2.52. The van der Waals surface area contributed by atoms with E-state index in [-0.39, 0.29) is 11.1 Å². The van der Waals surface area contributed by atoms with Crippen molar-refractivity contribution in [1.29, 1.82) is 0 Å². The van der Waals surface area contributed by atoms with Crippen LogP contribution in [0.1, 0.15) is 30.1 Å². The molecule has 1 aromatic rings. The summed E-state index contributed by atoms with van der Waals surface area (Å²) in [7, 11) is 0. The monoisotopic (exact) mass is 269 g/mol. The molecule has 18 heavy (non-hydrogen) atoms. The third-order valence-electron chi connectivity index (χ3n) is 3.26. The van der Waals surface area contributed by atoms with Gasteiger partial charge in [0.05, 0.1) is 23.0 Å². The summed E-state index contributed by atoms with van der Waals surface area (Å²) >= 11 is 5.77. The Bertz CT molecular complexity index is 466. The predicted molar refractivity (Wildman–Crippen MR) is 69.4 cm³/mol. The maximum atomic E-state index is 12.3. The highest BCUT2D eigenvalue weighted by molar-refractivity contribution is 6.29. The van der Waals surface area contributed by atoms with Crippen molar-refractivity contribution < 1.29 is 9.90 Å². The molecule has 1 amide bonds. The maximum absolute atomic E-state index is 12.3. The van der Waals surface area contributed by atoms with E-state index < -0.39 is 5.60 Å². The van der Waals surface area contributed by atoms with Crippen molar-refractivity contribution in [2.24, 2.45) is 0 Å². The van der Waals surface area contributed by atoms with Gasteiger partial charge < -0.3 is 15.7 Å². The molecular formula is C12H16ClN3O2. The van der Waals surface area contributed by atoms with Crippen molar-refractivity contribution >= 4 is 23.2 Å². The Hall–Kier alpha value is -1.33. The number of pyridine rings is 1. The number of rotatable bonds is 1. The number of hydrogen-bond acceptors (Lipinski definition) is 4. The molecule has 0 unspecified atom stereocenters. The fourth-order valence-corrected chi connectivity index (χ4v) is 2.15. The molecule has 0 radical (unpaired) electrons. The summed E-state index contributed by atoms with van der Waals surface area (Å²) in [6.45, 7) is 2.82. The zero-order valence-electron chi connectivity index (χ0n) is 10.2. The van der Waals surface area contributed by atoms with E-state index in [1.807, 2.05) is 0 Å². The molecule has 2 heterocycles. The number of hydrogen-bond donors (Lipinski definition) is 2. The Labute approximate surface area is 111 Å². The first-order chi connectivity index (χ1) is 8.39. The number of anilines is 1. The minimum Gasteiger partial charge on any atom is -0.397 e. The number of piperidine rings is 1. The first-order valence-electron chi connectivity index (χ1n) is 5.82. The number of nitrogens with two attached hydrogens (primary N) is 1. The van der Waals surface area contributed by atoms with E-state index in [2.05, 4.69) is 4.98 Å². The van der Waals surface area contributed by atoms with Crippen LogP contribution in [0.3, 0.4) is 0 Å². The van der Waals surface area contributed by atoms with Crippen LogP contribution in [-0.4, -0.2) is 39.6 Å². The van der Waals surface area contributed by atoms with Crippen molar-refractivity contribution in [3.8, 4) is 0 Å². The summed E-state index contributed by atoms with van der Waals surface area (Å²) in [6, 6.07) is 1.48. The van der Waals surface area contributed by atoms with Crippen LogP contribution in [0, 0.1) is 0 Å². The second-order valence-corrected chi connectivity index (χ2v) is 5.27. The largest absolute Gasteiger partial charge is 0.397 e. The minimum atomic E-state index is -0.682. The average Bonchev–Trinajstić information content (AvgIpc) is 2.31. The predicted octanol–water partition coefficient (Wildman–Crippen LogP) is 1.30. The number of aliphatic hydroxyl groups is 1. The van der Waals surface area contributed by atoms with E-state index in [9.17, 15) is 9.90 Å². The quantitative estimate of drug-likeness (QED) is 0.753. The lowest BCUT2D eigenvalue weighted by Gasteiger charge is -2.35. The van der Waals surface area contributed by atoms with Crippen LogP contribution in [0.15, 0.2) is 12.3 Å². The molecule has 0 atom stereocenters. The average molecular weight is 270 g/mol. The zero-order valence-corrected chi connectivity index (χ0v) is 10.9. The molecule has 0 spiro atoms. The Morgan fingerprint density at radius 1 is 1.56 bits per heavy atom. The molecule has 5 nitrogen and oxygen atoms in total. The molecule has 1 saturated heterocycles. The van der Waals surface area contributed by atoms with Crippen LogP contribution in [0.25, 0.3) is 0 Å². The van der Waals surface area contributed by atoms with Crippen LogP contribution < -0.4 is 5.73 Å². The number of nitrogen functional groups attached to an aromatic ring is 1. The Morgan fingerprint density at radius 3 is 2.78 bits per heavy atom. The lowest BCUT2D eigenvalue weighted by Crippen LogP contribution is -2.45. The number of carbonyl (C=O) groups is 1. The maximum Gasteiger partial charge on any atom is 0.256 e. The van der Waals surface area contributed by atoms with E-state index in [0.717, 1.165) is 0 Å². The van der Waals surface area contributed by atoms with Gasteiger partial charge in [-0.3, -0.25) is 4.79 Å². The first kappa shape index (κ1) is 13.1. The van der Waals surface area contributed by atoms with Crippen molar-refractivity contribution in [2.75, 3.05) is 18.8 Å².